The van der Waals surface area contributed by atoms with Gasteiger partial charge in [0.25, 0.3) is 0 Å². The second-order valence-electron chi connectivity index (χ2n) is 4.75. The number of nitrogens with zero attached hydrogens (tertiary/aromatic N) is 3. The predicted octanol–water partition coefficient (Wildman–Crippen LogP) is 1.03. The summed E-state index contributed by atoms with van der Waals surface area (Å²) in [5.41, 5.74) is 7.43. The van der Waals surface area contributed by atoms with Gasteiger partial charge in [0.05, 0.1) is 11.3 Å². The summed E-state index contributed by atoms with van der Waals surface area (Å²) < 4.78 is 0. The molecule has 0 aliphatic carbocycles. The minimum atomic E-state index is 0.481. The first-order valence-electron chi connectivity index (χ1n) is 6.44. The summed E-state index contributed by atoms with van der Waals surface area (Å²) in [6.07, 6.45) is 0. The lowest BCUT2D eigenvalue weighted by Gasteiger charge is -2.41. The van der Waals surface area contributed by atoms with Crippen LogP contribution in [0.2, 0.25) is 0 Å². The van der Waals surface area contributed by atoms with Crippen molar-refractivity contribution < 1.29 is 0 Å². The van der Waals surface area contributed by atoms with Gasteiger partial charge in [-0.05, 0) is 19.1 Å². The molecule has 1 saturated heterocycles. The smallest absolute Gasteiger partial charge is 0.101 e. The molecule has 0 spiro atoms. The Bertz CT molecular complexity index is 438. The lowest BCUT2D eigenvalue weighted by molar-refractivity contribution is 0.195. The van der Waals surface area contributed by atoms with E-state index >= 15 is 0 Å². The van der Waals surface area contributed by atoms with Crippen LogP contribution in [0.3, 0.4) is 0 Å². The quantitative estimate of drug-likeness (QED) is 0.862. The molecule has 1 fully saturated rings. The summed E-state index contributed by atoms with van der Waals surface area (Å²) in [7, 11) is 0. The zero-order chi connectivity index (χ0) is 13.0. The fourth-order valence-electron chi connectivity index (χ4n) is 2.56. The highest BCUT2D eigenvalue weighted by atomic mass is 15.3. The van der Waals surface area contributed by atoms with Crippen molar-refractivity contribution >= 4 is 5.69 Å². The molecular weight excluding hydrogens is 224 g/mol. The van der Waals surface area contributed by atoms with Crippen LogP contribution in [0, 0.1) is 11.3 Å². The van der Waals surface area contributed by atoms with Gasteiger partial charge in [-0.1, -0.05) is 12.1 Å². The van der Waals surface area contributed by atoms with Gasteiger partial charge in [-0.3, -0.25) is 4.90 Å². The van der Waals surface area contributed by atoms with Crippen LogP contribution in [-0.4, -0.2) is 43.7 Å². The third-order valence-electron chi connectivity index (χ3n) is 3.55. The summed E-state index contributed by atoms with van der Waals surface area (Å²) in [5, 5.41) is 9.15. The number of piperazine rings is 1. The number of anilines is 1. The number of para-hydroxylation sites is 1. The first-order valence-corrected chi connectivity index (χ1v) is 6.44. The molecule has 1 atom stereocenters. The van der Waals surface area contributed by atoms with Gasteiger partial charge in [-0.2, -0.15) is 5.26 Å². The molecule has 0 radical (unpaired) electrons. The molecule has 1 aromatic rings. The van der Waals surface area contributed by atoms with Crippen LogP contribution < -0.4 is 10.6 Å². The van der Waals surface area contributed by atoms with Crippen molar-refractivity contribution in [2.45, 2.75) is 13.0 Å². The van der Waals surface area contributed by atoms with Gasteiger partial charge >= 0.3 is 0 Å². The van der Waals surface area contributed by atoms with E-state index in [0.717, 1.165) is 37.4 Å². The second-order valence-corrected chi connectivity index (χ2v) is 4.75. The average molecular weight is 244 g/mol. The molecule has 1 aliphatic rings. The lowest BCUT2D eigenvalue weighted by Crippen LogP contribution is -2.53. The predicted molar refractivity (Wildman–Crippen MR) is 73.5 cm³/mol. The highest BCUT2D eigenvalue weighted by Gasteiger charge is 2.24. The van der Waals surface area contributed by atoms with E-state index in [9.17, 15) is 0 Å². The molecule has 0 amide bonds. The van der Waals surface area contributed by atoms with Crippen molar-refractivity contribution in [3.05, 3.63) is 29.8 Å². The fraction of sp³-hybridized carbons (Fsp3) is 0.500. The molecular formula is C14H20N4. The van der Waals surface area contributed by atoms with Crippen LogP contribution >= 0.6 is 0 Å². The van der Waals surface area contributed by atoms with Gasteiger partial charge in [-0.25, -0.2) is 0 Å². The highest BCUT2D eigenvalue weighted by molar-refractivity contribution is 5.59. The van der Waals surface area contributed by atoms with E-state index in [1.807, 2.05) is 24.3 Å². The normalized spacial score (nSPS) is 20.7. The molecule has 0 bridgehead atoms. The molecule has 4 heteroatoms. The molecule has 1 unspecified atom stereocenters. The summed E-state index contributed by atoms with van der Waals surface area (Å²) in [6, 6.07) is 10.6. The topological polar surface area (TPSA) is 56.3 Å². The minimum Gasteiger partial charge on any atom is -0.368 e. The Morgan fingerprint density at radius 1 is 1.39 bits per heavy atom. The average Bonchev–Trinajstić information content (AvgIpc) is 2.41. The van der Waals surface area contributed by atoms with Crippen LogP contribution in [-0.2, 0) is 0 Å². The van der Waals surface area contributed by atoms with Crippen LogP contribution in [0.1, 0.15) is 12.5 Å². The molecule has 1 aromatic carbocycles. The zero-order valence-corrected chi connectivity index (χ0v) is 10.8. The van der Waals surface area contributed by atoms with Crippen molar-refractivity contribution in [2.75, 3.05) is 37.6 Å². The van der Waals surface area contributed by atoms with E-state index in [-0.39, 0.29) is 0 Å². The molecule has 18 heavy (non-hydrogen) atoms. The molecule has 2 N–H and O–H groups in total. The fourth-order valence-corrected chi connectivity index (χ4v) is 2.56. The molecule has 0 saturated carbocycles. The maximum absolute atomic E-state index is 9.15. The zero-order valence-electron chi connectivity index (χ0n) is 10.8. The van der Waals surface area contributed by atoms with Crippen LogP contribution in [0.25, 0.3) is 0 Å². The number of rotatable bonds is 3. The third kappa shape index (κ3) is 2.63. The highest BCUT2D eigenvalue weighted by Crippen LogP contribution is 2.22. The largest absolute Gasteiger partial charge is 0.368 e. The Morgan fingerprint density at radius 3 is 2.83 bits per heavy atom. The SMILES string of the molecule is CC1CN(c2ccccc2C#N)CCN1CCN. The Kier molecular flexibility index (Phi) is 4.19. The van der Waals surface area contributed by atoms with E-state index in [2.05, 4.69) is 22.8 Å². The van der Waals surface area contributed by atoms with Crippen LogP contribution in [0.4, 0.5) is 5.69 Å². The van der Waals surface area contributed by atoms with Crippen molar-refractivity contribution in [3.8, 4) is 6.07 Å². The Balaban J connectivity index is 2.11. The number of hydrogen-bond donors (Lipinski definition) is 1. The first kappa shape index (κ1) is 12.9. The van der Waals surface area contributed by atoms with E-state index in [0.29, 0.717) is 12.6 Å². The van der Waals surface area contributed by atoms with Gasteiger partial charge in [0.15, 0.2) is 0 Å². The molecule has 96 valence electrons. The Labute approximate surface area is 109 Å². The minimum absolute atomic E-state index is 0.481. The molecule has 1 heterocycles. The van der Waals surface area contributed by atoms with Gasteiger partial charge in [0.1, 0.15) is 6.07 Å². The number of nitrogens with two attached hydrogens (primary N) is 1. The summed E-state index contributed by atoms with van der Waals surface area (Å²) in [5.74, 6) is 0. The lowest BCUT2D eigenvalue weighted by atomic mass is 10.1. The van der Waals surface area contributed by atoms with Crippen LogP contribution in [0.15, 0.2) is 24.3 Å². The molecule has 1 aliphatic heterocycles. The molecule has 4 nitrogen and oxygen atoms in total. The summed E-state index contributed by atoms with van der Waals surface area (Å²) in [6.45, 7) is 6.81. The van der Waals surface area contributed by atoms with E-state index < -0.39 is 0 Å². The molecule has 0 aromatic heterocycles. The van der Waals surface area contributed by atoms with Crippen molar-refractivity contribution in [1.29, 1.82) is 5.26 Å². The standard InChI is InChI=1S/C14H20N4/c1-12-11-18(9-8-17(12)7-6-15)14-5-3-2-4-13(14)10-16/h2-5,12H,6-9,11,15H2,1H3. The van der Waals surface area contributed by atoms with Gasteiger partial charge in [-0.15, -0.1) is 0 Å². The van der Waals surface area contributed by atoms with Crippen molar-refractivity contribution in [3.63, 3.8) is 0 Å². The third-order valence-corrected chi connectivity index (χ3v) is 3.55. The number of hydrogen-bond acceptors (Lipinski definition) is 4. The Morgan fingerprint density at radius 2 is 2.17 bits per heavy atom. The van der Waals surface area contributed by atoms with Gasteiger partial charge in [0.2, 0.25) is 0 Å². The second kappa shape index (κ2) is 5.85. The first-order chi connectivity index (χ1) is 8.76. The van der Waals surface area contributed by atoms with Crippen LogP contribution in [0.5, 0.6) is 0 Å². The Hall–Kier alpha value is -1.57. The maximum Gasteiger partial charge on any atom is 0.101 e. The monoisotopic (exact) mass is 244 g/mol. The van der Waals surface area contributed by atoms with E-state index in [1.54, 1.807) is 0 Å². The van der Waals surface area contributed by atoms with E-state index in [1.165, 1.54) is 0 Å². The van der Waals surface area contributed by atoms with Gasteiger partial charge < -0.3 is 10.6 Å². The van der Waals surface area contributed by atoms with Crippen molar-refractivity contribution in [2.24, 2.45) is 5.73 Å². The van der Waals surface area contributed by atoms with Gasteiger partial charge in [0, 0.05) is 38.8 Å². The van der Waals surface area contributed by atoms with Crippen molar-refractivity contribution in [1.82, 2.24) is 4.90 Å². The maximum atomic E-state index is 9.15. The van der Waals surface area contributed by atoms with E-state index in [4.69, 9.17) is 11.0 Å². The number of benzene rings is 1. The summed E-state index contributed by atoms with van der Waals surface area (Å²) >= 11 is 0. The summed E-state index contributed by atoms with van der Waals surface area (Å²) in [4.78, 5) is 4.71. The molecule has 2 rings (SSSR count). The number of nitriles is 1.